The van der Waals surface area contributed by atoms with Gasteiger partial charge in [0.1, 0.15) is 0 Å². The summed E-state index contributed by atoms with van der Waals surface area (Å²) >= 11 is 0. The minimum absolute atomic E-state index is 0.0613. The maximum atomic E-state index is 11.6. The molecule has 2 aliphatic rings. The van der Waals surface area contributed by atoms with E-state index in [0.29, 0.717) is 37.9 Å². The van der Waals surface area contributed by atoms with Gasteiger partial charge in [0, 0.05) is 26.4 Å². The number of nitrogens with zero attached hydrogens (tertiary/aromatic N) is 1. The number of hydrogen-bond acceptors (Lipinski definition) is 4. The van der Waals surface area contributed by atoms with Crippen molar-refractivity contribution >= 4 is 5.91 Å². The Labute approximate surface area is 180 Å². The number of benzene rings is 1. The van der Waals surface area contributed by atoms with Gasteiger partial charge in [0.25, 0.3) is 0 Å². The van der Waals surface area contributed by atoms with Crippen LogP contribution < -0.4 is 0 Å². The highest BCUT2D eigenvalue weighted by Gasteiger charge is 2.43. The Kier molecular flexibility index (Phi) is 7.87. The summed E-state index contributed by atoms with van der Waals surface area (Å²) in [5.74, 6) is 0.867. The first kappa shape index (κ1) is 22.7. The molecule has 0 heterocycles. The van der Waals surface area contributed by atoms with Gasteiger partial charge in [0.15, 0.2) is 0 Å². The summed E-state index contributed by atoms with van der Waals surface area (Å²) < 4.78 is 5.70. The quantitative estimate of drug-likeness (QED) is 0.482. The van der Waals surface area contributed by atoms with Crippen LogP contribution in [0.25, 0.3) is 0 Å². The van der Waals surface area contributed by atoms with Gasteiger partial charge in [-0.1, -0.05) is 48.1 Å². The van der Waals surface area contributed by atoms with E-state index in [4.69, 9.17) is 4.74 Å². The number of carbonyl (C=O) groups is 1. The molecule has 3 rings (SSSR count). The highest BCUT2D eigenvalue weighted by molar-refractivity contribution is 5.75. The molecule has 2 N–H and O–H groups in total. The second kappa shape index (κ2) is 10.4. The van der Waals surface area contributed by atoms with Gasteiger partial charge in [-0.15, -0.1) is 0 Å². The Bertz CT molecular complexity index is 785. The van der Waals surface area contributed by atoms with E-state index in [9.17, 15) is 15.0 Å². The molecule has 1 aromatic carbocycles. The van der Waals surface area contributed by atoms with Crippen LogP contribution in [0.4, 0.5) is 0 Å². The van der Waals surface area contributed by atoms with Crippen LogP contribution in [-0.2, 0) is 16.0 Å². The molecule has 164 valence electrons. The van der Waals surface area contributed by atoms with Gasteiger partial charge in [-0.2, -0.15) is 0 Å². The molecule has 0 unspecified atom stereocenters. The zero-order valence-electron chi connectivity index (χ0n) is 18.3. The Morgan fingerprint density at radius 2 is 2.17 bits per heavy atom. The van der Waals surface area contributed by atoms with Crippen LogP contribution in [0.15, 0.2) is 48.1 Å². The maximum Gasteiger partial charge on any atom is 0.224 e. The van der Waals surface area contributed by atoms with E-state index in [2.05, 4.69) is 25.1 Å². The van der Waals surface area contributed by atoms with E-state index in [1.165, 1.54) is 11.1 Å². The number of fused-ring (bicyclic) bond motifs is 1. The molecule has 0 saturated heterocycles. The van der Waals surface area contributed by atoms with Crippen LogP contribution in [0.1, 0.15) is 30.4 Å². The smallest absolute Gasteiger partial charge is 0.224 e. The van der Waals surface area contributed by atoms with Gasteiger partial charge >= 0.3 is 0 Å². The molecular weight excluding hydrogens is 378 g/mol. The Morgan fingerprint density at radius 1 is 1.37 bits per heavy atom. The summed E-state index contributed by atoms with van der Waals surface area (Å²) in [5, 5.41) is 20.9. The fraction of sp³-hybridized carbons (Fsp3) is 0.560. The summed E-state index contributed by atoms with van der Waals surface area (Å²) in [6.07, 6.45) is 7.85. The summed E-state index contributed by atoms with van der Waals surface area (Å²) in [7, 11) is 3.50. The van der Waals surface area contributed by atoms with Crippen molar-refractivity contribution in [2.24, 2.45) is 17.8 Å². The van der Waals surface area contributed by atoms with Crippen molar-refractivity contribution in [2.45, 2.75) is 44.8 Å². The second-order valence-electron chi connectivity index (χ2n) is 8.97. The lowest BCUT2D eigenvalue weighted by Crippen LogP contribution is -2.23. The Balaban J connectivity index is 1.47. The summed E-state index contributed by atoms with van der Waals surface area (Å²) in [5.41, 5.74) is 3.57. The number of amides is 1. The normalized spacial score (nSPS) is 26.6. The van der Waals surface area contributed by atoms with E-state index in [-0.39, 0.29) is 17.9 Å². The highest BCUT2D eigenvalue weighted by Crippen LogP contribution is 2.47. The number of hydrogen-bond donors (Lipinski definition) is 2. The fourth-order valence-corrected chi connectivity index (χ4v) is 4.70. The number of allylic oxidation sites excluding steroid dienone is 1. The van der Waals surface area contributed by atoms with E-state index in [1.807, 2.05) is 24.3 Å². The first-order valence-electron chi connectivity index (χ1n) is 10.9. The lowest BCUT2D eigenvalue weighted by molar-refractivity contribution is -0.129. The molecular formula is C25H35NO4. The molecule has 1 amide bonds. The molecule has 5 atom stereocenters. The molecule has 0 aliphatic heterocycles. The molecule has 5 heteroatoms. The molecule has 30 heavy (non-hydrogen) atoms. The van der Waals surface area contributed by atoms with Crippen molar-refractivity contribution in [2.75, 3.05) is 27.3 Å². The van der Waals surface area contributed by atoms with Crippen LogP contribution in [0.3, 0.4) is 0 Å². The molecule has 1 saturated carbocycles. The third kappa shape index (κ3) is 6.03. The molecule has 1 fully saturated rings. The monoisotopic (exact) mass is 413 g/mol. The minimum Gasteiger partial charge on any atom is -0.392 e. The number of aliphatic hydroxyl groups is 2. The van der Waals surface area contributed by atoms with Crippen LogP contribution in [0.2, 0.25) is 0 Å². The van der Waals surface area contributed by atoms with E-state index in [0.717, 1.165) is 18.4 Å². The van der Waals surface area contributed by atoms with Crippen molar-refractivity contribution in [3.05, 3.63) is 59.2 Å². The van der Waals surface area contributed by atoms with Gasteiger partial charge < -0.3 is 19.8 Å². The van der Waals surface area contributed by atoms with Crippen molar-refractivity contribution < 1.29 is 19.7 Å². The lowest BCUT2D eigenvalue weighted by Gasteiger charge is -2.19. The minimum atomic E-state index is -0.551. The number of aryl methyl sites for hydroxylation is 1. The molecule has 5 nitrogen and oxygen atoms in total. The lowest BCUT2D eigenvalue weighted by atomic mass is 9.89. The zero-order chi connectivity index (χ0) is 21.7. The maximum absolute atomic E-state index is 11.6. The van der Waals surface area contributed by atoms with Gasteiger partial charge in [0.05, 0.1) is 31.8 Å². The van der Waals surface area contributed by atoms with Crippen LogP contribution in [0, 0.1) is 24.7 Å². The Hall–Kier alpha value is -1.95. The summed E-state index contributed by atoms with van der Waals surface area (Å²) in [6.45, 7) is 3.03. The molecule has 0 bridgehead atoms. The first-order valence-corrected chi connectivity index (χ1v) is 10.9. The van der Waals surface area contributed by atoms with E-state index < -0.39 is 6.10 Å². The second-order valence-corrected chi connectivity index (χ2v) is 8.97. The fourth-order valence-electron chi connectivity index (χ4n) is 4.70. The van der Waals surface area contributed by atoms with Crippen molar-refractivity contribution in [3.63, 3.8) is 0 Å². The van der Waals surface area contributed by atoms with Crippen molar-refractivity contribution in [3.8, 4) is 0 Å². The third-order valence-corrected chi connectivity index (χ3v) is 6.28. The average molecular weight is 414 g/mol. The molecule has 0 radical (unpaired) electrons. The summed E-state index contributed by atoms with van der Waals surface area (Å²) in [6, 6.07) is 8.19. The highest BCUT2D eigenvalue weighted by atomic mass is 16.5. The molecule has 0 aromatic heterocycles. The van der Waals surface area contributed by atoms with Gasteiger partial charge in [-0.25, -0.2) is 0 Å². The van der Waals surface area contributed by atoms with Crippen LogP contribution in [0.5, 0.6) is 0 Å². The third-order valence-electron chi connectivity index (χ3n) is 6.28. The average Bonchev–Trinajstić information content (AvgIpc) is 3.19. The molecule has 0 spiro atoms. The van der Waals surface area contributed by atoms with Crippen LogP contribution >= 0.6 is 0 Å². The SMILES string of the molecule is Cc1cccc(C[C@H](O)/C=C/[C@@H]2[C@H]3CC(COCCC(=O)N(C)C)=C[C@H]3C[C@H]2O)c1. The standard InChI is InChI=1S/C25H35NO4/c1-17-5-4-6-18(11-17)13-21(27)7-8-22-23-14-19(12-20(23)15-24(22)28)16-30-10-9-25(29)26(2)3/h4-8,11-12,20-24,27-28H,9-10,13-16H2,1-3H3/b8-7+/t20-,21+,22+,23-,24+/m0/s1. The van der Waals surface area contributed by atoms with Crippen LogP contribution in [-0.4, -0.2) is 60.5 Å². The largest absolute Gasteiger partial charge is 0.392 e. The number of rotatable bonds is 9. The number of aliphatic hydroxyl groups excluding tert-OH is 2. The number of carbonyl (C=O) groups excluding carboxylic acids is 1. The Morgan fingerprint density at radius 3 is 2.90 bits per heavy atom. The van der Waals surface area contributed by atoms with E-state index in [1.54, 1.807) is 19.0 Å². The number of ether oxygens (including phenoxy) is 1. The van der Waals surface area contributed by atoms with Gasteiger partial charge in [-0.3, -0.25) is 4.79 Å². The van der Waals surface area contributed by atoms with Gasteiger partial charge in [0.2, 0.25) is 5.91 Å². The topological polar surface area (TPSA) is 70.0 Å². The zero-order valence-corrected chi connectivity index (χ0v) is 18.3. The summed E-state index contributed by atoms with van der Waals surface area (Å²) in [4.78, 5) is 13.2. The van der Waals surface area contributed by atoms with E-state index >= 15 is 0 Å². The first-order chi connectivity index (χ1) is 14.3. The van der Waals surface area contributed by atoms with Crippen molar-refractivity contribution in [1.29, 1.82) is 0 Å². The predicted octanol–water partition coefficient (Wildman–Crippen LogP) is 2.89. The van der Waals surface area contributed by atoms with Gasteiger partial charge in [-0.05, 0) is 42.7 Å². The molecule has 2 aliphatic carbocycles. The molecule has 1 aromatic rings. The van der Waals surface area contributed by atoms with Crippen molar-refractivity contribution in [1.82, 2.24) is 4.90 Å². The predicted molar refractivity (Wildman–Crippen MR) is 118 cm³/mol.